The average Bonchev–Trinajstić information content (AvgIpc) is 2.47. The number of ether oxygens (including phenoxy) is 1. The molecule has 0 radical (unpaired) electrons. The van der Waals surface area contributed by atoms with E-state index in [1.54, 1.807) is 0 Å². The molecule has 3 N–H and O–H groups in total. The molecule has 5 nitrogen and oxygen atoms in total. The van der Waals surface area contributed by atoms with Crippen molar-refractivity contribution in [3.05, 3.63) is 22.7 Å². The third kappa shape index (κ3) is 3.56. The van der Waals surface area contributed by atoms with Gasteiger partial charge in [-0.05, 0) is 31.0 Å². The fraction of sp³-hybridized carbons (Fsp3) is 0.533. The summed E-state index contributed by atoms with van der Waals surface area (Å²) in [6.45, 7) is 1.51. The molecule has 0 spiro atoms. The standard InChI is InChI=1S/C15H22BrN3O2/c1-19(2)13-4-3-11(16)9-12(13)18-14(20)15(10-17)5-7-21-8-6-15/h3-4,9H,5-8,10,17H2,1-2H3,(H,18,20). The Bertz CT molecular complexity index is 514. The molecule has 0 aromatic heterocycles. The van der Waals surface area contributed by atoms with Crippen LogP contribution in [0.4, 0.5) is 11.4 Å². The number of anilines is 2. The van der Waals surface area contributed by atoms with Crippen molar-refractivity contribution in [3.63, 3.8) is 0 Å². The largest absolute Gasteiger partial charge is 0.381 e. The van der Waals surface area contributed by atoms with E-state index in [2.05, 4.69) is 21.2 Å². The van der Waals surface area contributed by atoms with Crippen LogP contribution in [0.15, 0.2) is 22.7 Å². The zero-order valence-electron chi connectivity index (χ0n) is 12.5. The van der Waals surface area contributed by atoms with Gasteiger partial charge in [-0.1, -0.05) is 15.9 Å². The van der Waals surface area contributed by atoms with E-state index < -0.39 is 5.41 Å². The van der Waals surface area contributed by atoms with Crippen LogP contribution < -0.4 is 16.0 Å². The van der Waals surface area contributed by atoms with E-state index in [0.29, 0.717) is 32.6 Å². The summed E-state index contributed by atoms with van der Waals surface area (Å²) in [6, 6.07) is 5.84. The van der Waals surface area contributed by atoms with Gasteiger partial charge in [-0.2, -0.15) is 0 Å². The molecule has 2 rings (SSSR count). The summed E-state index contributed by atoms with van der Waals surface area (Å²) in [5, 5.41) is 3.05. The molecule has 6 heteroatoms. The molecule has 0 atom stereocenters. The number of amides is 1. The van der Waals surface area contributed by atoms with Crippen molar-refractivity contribution in [2.45, 2.75) is 12.8 Å². The zero-order valence-corrected chi connectivity index (χ0v) is 14.1. The maximum atomic E-state index is 12.7. The second kappa shape index (κ2) is 6.77. The molecule has 0 bridgehead atoms. The van der Waals surface area contributed by atoms with Crippen molar-refractivity contribution in [1.29, 1.82) is 0 Å². The predicted octanol–water partition coefficient (Wildman–Crippen LogP) is 2.21. The van der Waals surface area contributed by atoms with Gasteiger partial charge in [0.2, 0.25) is 5.91 Å². The Morgan fingerprint density at radius 3 is 2.67 bits per heavy atom. The van der Waals surface area contributed by atoms with E-state index >= 15 is 0 Å². The number of nitrogens with one attached hydrogen (secondary N) is 1. The summed E-state index contributed by atoms with van der Waals surface area (Å²) in [6.07, 6.45) is 1.33. The molecule has 21 heavy (non-hydrogen) atoms. The van der Waals surface area contributed by atoms with E-state index in [9.17, 15) is 4.79 Å². The minimum absolute atomic E-state index is 0.0190. The number of rotatable bonds is 4. The molecule has 1 aromatic rings. The topological polar surface area (TPSA) is 67.6 Å². The van der Waals surface area contributed by atoms with Crippen molar-refractivity contribution in [2.75, 3.05) is 44.1 Å². The number of carbonyl (C=O) groups is 1. The second-order valence-corrected chi connectivity index (χ2v) is 6.52. The molecule has 0 unspecified atom stereocenters. The lowest BCUT2D eigenvalue weighted by molar-refractivity contribution is -0.130. The lowest BCUT2D eigenvalue weighted by atomic mass is 9.79. The van der Waals surface area contributed by atoms with Gasteiger partial charge in [0.1, 0.15) is 0 Å². The number of carbonyl (C=O) groups excluding carboxylic acids is 1. The van der Waals surface area contributed by atoms with Crippen molar-refractivity contribution in [1.82, 2.24) is 0 Å². The minimum atomic E-state index is -0.524. The Balaban J connectivity index is 2.24. The molecule has 1 amide bonds. The van der Waals surface area contributed by atoms with Gasteiger partial charge in [0, 0.05) is 38.3 Å². The molecular formula is C15H22BrN3O2. The molecule has 0 saturated carbocycles. The number of benzene rings is 1. The van der Waals surface area contributed by atoms with Crippen molar-refractivity contribution in [3.8, 4) is 0 Å². The highest BCUT2D eigenvalue weighted by molar-refractivity contribution is 9.10. The number of hydrogen-bond donors (Lipinski definition) is 2. The summed E-state index contributed by atoms with van der Waals surface area (Å²) in [5.41, 5.74) is 7.11. The van der Waals surface area contributed by atoms with Crippen molar-refractivity contribution < 1.29 is 9.53 Å². The zero-order chi connectivity index (χ0) is 15.5. The van der Waals surface area contributed by atoms with Gasteiger partial charge < -0.3 is 20.7 Å². The summed E-state index contributed by atoms with van der Waals surface area (Å²) in [7, 11) is 3.90. The van der Waals surface area contributed by atoms with Crippen LogP contribution >= 0.6 is 15.9 Å². The maximum Gasteiger partial charge on any atom is 0.232 e. The van der Waals surface area contributed by atoms with Gasteiger partial charge in [-0.25, -0.2) is 0 Å². The fourth-order valence-corrected chi connectivity index (χ4v) is 2.90. The Labute approximate surface area is 134 Å². The van der Waals surface area contributed by atoms with Crippen LogP contribution in [0.25, 0.3) is 0 Å². The Hall–Kier alpha value is -1.11. The number of nitrogens with zero attached hydrogens (tertiary/aromatic N) is 1. The third-order valence-electron chi connectivity index (χ3n) is 4.01. The summed E-state index contributed by atoms with van der Waals surface area (Å²) >= 11 is 3.45. The first-order valence-corrected chi connectivity index (χ1v) is 7.84. The van der Waals surface area contributed by atoms with E-state index in [0.717, 1.165) is 15.8 Å². The molecule has 116 valence electrons. The Morgan fingerprint density at radius 2 is 2.10 bits per heavy atom. The number of hydrogen-bond acceptors (Lipinski definition) is 4. The van der Waals surface area contributed by atoms with Crippen LogP contribution in [0.2, 0.25) is 0 Å². The first-order chi connectivity index (χ1) is 9.98. The predicted molar refractivity (Wildman–Crippen MR) is 88.6 cm³/mol. The van der Waals surface area contributed by atoms with Gasteiger partial charge in [-0.15, -0.1) is 0 Å². The normalized spacial score (nSPS) is 17.3. The lowest BCUT2D eigenvalue weighted by Gasteiger charge is -2.35. The van der Waals surface area contributed by atoms with Gasteiger partial charge in [0.05, 0.1) is 16.8 Å². The molecule has 1 aliphatic heterocycles. The molecule has 0 aliphatic carbocycles. The third-order valence-corrected chi connectivity index (χ3v) is 4.50. The van der Waals surface area contributed by atoms with Crippen molar-refractivity contribution >= 4 is 33.2 Å². The maximum absolute atomic E-state index is 12.7. The smallest absolute Gasteiger partial charge is 0.232 e. The summed E-state index contributed by atoms with van der Waals surface area (Å²) < 4.78 is 6.28. The highest BCUT2D eigenvalue weighted by atomic mass is 79.9. The first kappa shape index (κ1) is 16.3. The van der Waals surface area contributed by atoms with Crippen LogP contribution in [0, 0.1) is 5.41 Å². The van der Waals surface area contributed by atoms with Crippen LogP contribution in [0.3, 0.4) is 0 Å². The summed E-state index contributed by atoms with van der Waals surface area (Å²) in [4.78, 5) is 14.7. The summed E-state index contributed by atoms with van der Waals surface area (Å²) in [5.74, 6) is -0.0190. The SMILES string of the molecule is CN(C)c1ccc(Br)cc1NC(=O)C1(CN)CCOCC1. The second-order valence-electron chi connectivity index (χ2n) is 5.61. The van der Waals surface area contributed by atoms with Crippen LogP contribution in [-0.2, 0) is 9.53 Å². The molecule has 1 aliphatic rings. The molecule has 1 saturated heterocycles. The lowest BCUT2D eigenvalue weighted by Crippen LogP contribution is -2.46. The van der Waals surface area contributed by atoms with Gasteiger partial charge in [0.25, 0.3) is 0 Å². The number of nitrogens with two attached hydrogens (primary N) is 1. The molecular weight excluding hydrogens is 334 g/mol. The highest BCUT2D eigenvalue weighted by Gasteiger charge is 2.39. The monoisotopic (exact) mass is 355 g/mol. The van der Waals surface area contributed by atoms with Gasteiger partial charge in [0.15, 0.2) is 0 Å². The average molecular weight is 356 g/mol. The van der Waals surface area contributed by atoms with Gasteiger partial charge >= 0.3 is 0 Å². The van der Waals surface area contributed by atoms with Gasteiger partial charge in [-0.3, -0.25) is 4.79 Å². The molecule has 1 fully saturated rings. The van der Waals surface area contributed by atoms with Crippen LogP contribution in [0.1, 0.15) is 12.8 Å². The van der Waals surface area contributed by atoms with E-state index in [1.807, 2.05) is 37.2 Å². The van der Waals surface area contributed by atoms with E-state index in [4.69, 9.17) is 10.5 Å². The first-order valence-electron chi connectivity index (χ1n) is 7.05. The van der Waals surface area contributed by atoms with E-state index in [-0.39, 0.29) is 5.91 Å². The van der Waals surface area contributed by atoms with E-state index in [1.165, 1.54) is 0 Å². The fourth-order valence-electron chi connectivity index (χ4n) is 2.54. The highest BCUT2D eigenvalue weighted by Crippen LogP contribution is 2.34. The Kier molecular flexibility index (Phi) is 5.24. The number of halogens is 1. The van der Waals surface area contributed by atoms with Crippen molar-refractivity contribution in [2.24, 2.45) is 11.1 Å². The quantitative estimate of drug-likeness (QED) is 0.868. The van der Waals surface area contributed by atoms with Crippen LogP contribution in [0.5, 0.6) is 0 Å². The minimum Gasteiger partial charge on any atom is -0.381 e. The molecule has 1 heterocycles. The van der Waals surface area contributed by atoms with Crippen LogP contribution in [-0.4, -0.2) is 39.8 Å². The Morgan fingerprint density at radius 1 is 1.43 bits per heavy atom. The molecule has 1 aromatic carbocycles.